The number of carbonyl (C=O) groups excluding carboxylic acids is 2. The van der Waals surface area contributed by atoms with Gasteiger partial charge in [0.1, 0.15) is 12.6 Å². The maximum absolute atomic E-state index is 13.0. The van der Waals surface area contributed by atoms with Gasteiger partial charge in [-0.25, -0.2) is 8.78 Å². The van der Waals surface area contributed by atoms with E-state index in [1.165, 1.54) is 15.8 Å². The Labute approximate surface area is 225 Å². The molecule has 1 aliphatic rings. The number of halogens is 2. The van der Waals surface area contributed by atoms with Crippen LogP contribution in [-0.2, 0) is 16.1 Å². The minimum Gasteiger partial charge on any atom is -0.394 e. The van der Waals surface area contributed by atoms with Crippen LogP contribution in [0.4, 0.5) is 8.78 Å². The summed E-state index contributed by atoms with van der Waals surface area (Å²) in [7, 11) is 0. The van der Waals surface area contributed by atoms with E-state index in [2.05, 4.69) is 10.4 Å². The number of aromatic nitrogens is 2. The number of nitrogens with one attached hydrogen (secondary N) is 1. The Morgan fingerprint density at radius 3 is 2.21 bits per heavy atom. The number of amides is 2. The first-order chi connectivity index (χ1) is 18.1. The molecule has 1 aromatic heterocycles. The lowest BCUT2D eigenvalue weighted by Crippen LogP contribution is -2.49. The molecule has 3 rings (SSSR count). The molecule has 0 radical (unpaired) electrons. The monoisotopic (exact) mass is 538 g/mol. The summed E-state index contributed by atoms with van der Waals surface area (Å²) >= 11 is 0. The first-order valence-corrected chi connectivity index (χ1v) is 13.4. The normalized spacial score (nSPS) is 18.3. The van der Waals surface area contributed by atoms with E-state index in [1.807, 2.05) is 41.5 Å². The summed E-state index contributed by atoms with van der Waals surface area (Å²) in [5.74, 6) is -0.828. The quantitative estimate of drug-likeness (QED) is 0.442. The summed E-state index contributed by atoms with van der Waals surface area (Å²) in [5.41, 5.74) is 1.82. The largest absolute Gasteiger partial charge is 0.394 e. The summed E-state index contributed by atoms with van der Waals surface area (Å²) in [4.78, 5) is 27.3. The van der Waals surface area contributed by atoms with Crippen LogP contribution in [0.1, 0.15) is 66.5 Å². The SMILES string of the molecule is CC.CC.CC(C)C(C)C(=O)N1CC(O)CC1C(=O)NC(CO)c1ccc(-c2ccnn2CC(F)F)cc1. The van der Waals surface area contributed by atoms with Gasteiger partial charge in [0, 0.05) is 25.1 Å². The molecule has 3 N–H and O–H groups in total. The van der Waals surface area contributed by atoms with Gasteiger partial charge >= 0.3 is 0 Å². The fraction of sp³-hybridized carbons (Fsp3) is 0.607. The third-order valence-corrected chi connectivity index (χ3v) is 6.39. The molecule has 4 atom stereocenters. The van der Waals surface area contributed by atoms with E-state index in [4.69, 9.17) is 0 Å². The molecular formula is C28H44F2N4O4. The first kappa shape index (κ1) is 33.2. The molecule has 214 valence electrons. The van der Waals surface area contributed by atoms with Gasteiger partial charge in [0.15, 0.2) is 0 Å². The van der Waals surface area contributed by atoms with Gasteiger partial charge in [-0.1, -0.05) is 72.7 Å². The third-order valence-electron chi connectivity index (χ3n) is 6.39. The van der Waals surface area contributed by atoms with E-state index >= 15 is 0 Å². The highest BCUT2D eigenvalue weighted by atomic mass is 19.3. The molecule has 2 aromatic rings. The zero-order chi connectivity index (χ0) is 29.0. The summed E-state index contributed by atoms with van der Waals surface area (Å²) in [6.07, 6.45) is -1.74. The average molecular weight is 539 g/mol. The minimum atomic E-state index is -2.53. The molecule has 0 saturated carbocycles. The Morgan fingerprint density at radius 2 is 1.68 bits per heavy atom. The van der Waals surface area contributed by atoms with Crippen LogP contribution in [0.2, 0.25) is 0 Å². The molecule has 1 fully saturated rings. The number of rotatable bonds is 9. The zero-order valence-electron chi connectivity index (χ0n) is 23.6. The van der Waals surface area contributed by atoms with Crippen molar-refractivity contribution in [3.8, 4) is 11.3 Å². The summed E-state index contributed by atoms with van der Waals surface area (Å²) < 4.78 is 26.8. The predicted molar refractivity (Wildman–Crippen MR) is 144 cm³/mol. The van der Waals surface area contributed by atoms with Crippen LogP contribution >= 0.6 is 0 Å². The Kier molecular flexibility index (Phi) is 14.1. The lowest BCUT2D eigenvalue weighted by molar-refractivity contribution is -0.142. The van der Waals surface area contributed by atoms with Gasteiger partial charge in [0.2, 0.25) is 11.8 Å². The molecule has 0 spiro atoms. The van der Waals surface area contributed by atoms with Crippen molar-refractivity contribution in [2.24, 2.45) is 11.8 Å². The van der Waals surface area contributed by atoms with Crippen molar-refractivity contribution in [1.29, 1.82) is 0 Å². The van der Waals surface area contributed by atoms with Gasteiger partial charge in [-0.05, 0) is 23.1 Å². The topological polar surface area (TPSA) is 108 Å². The molecule has 0 aliphatic carbocycles. The van der Waals surface area contributed by atoms with Gasteiger partial charge in [-0.15, -0.1) is 0 Å². The molecule has 0 bridgehead atoms. The number of likely N-dealkylation sites (tertiary alicyclic amines) is 1. The number of aliphatic hydroxyl groups excluding tert-OH is 2. The number of benzene rings is 1. The lowest BCUT2D eigenvalue weighted by atomic mass is 9.96. The maximum Gasteiger partial charge on any atom is 0.257 e. The molecule has 1 aliphatic heterocycles. The van der Waals surface area contributed by atoms with Crippen molar-refractivity contribution in [3.05, 3.63) is 42.1 Å². The van der Waals surface area contributed by atoms with E-state index in [9.17, 15) is 28.6 Å². The second-order valence-electron chi connectivity index (χ2n) is 9.08. The van der Waals surface area contributed by atoms with Crippen LogP contribution in [0.5, 0.6) is 0 Å². The number of nitrogens with zero attached hydrogens (tertiary/aromatic N) is 3. The first-order valence-electron chi connectivity index (χ1n) is 13.4. The van der Waals surface area contributed by atoms with Crippen LogP contribution in [0.25, 0.3) is 11.3 Å². The molecule has 4 unspecified atom stereocenters. The number of hydrogen-bond donors (Lipinski definition) is 3. The molecule has 10 heteroatoms. The highest BCUT2D eigenvalue weighted by molar-refractivity contribution is 5.89. The number of carbonyl (C=O) groups is 2. The van der Waals surface area contributed by atoms with E-state index in [0.717, 1.165) is 0 Å². The Morgan fingerprint density at radius 1 is 1.08 bits per heavy atom. The maximum atomic E-state index is 13.0. The van der Waals surface area contributed by atoms with Crippen LogP contribution < -0.4 is 5.32 Å². The van der Waals surface area contributed by atoms with Crippen LogP contribution in [0.3, 0.4) is 0 Å². The van der Waals surface area contributed by atoms with E-state index in [1.54, 1.807) is 37.3 Å². The van der Waals surface area contributed by atoms with Crippen molar-refractivity contribution in [2.45, 2.75) is 86.0 Å². The van der Waals surface area contributed by atoms with Crippen LogP contribution in [0, 0.1) is 11.8 Å². The summed E-state index contributed by atoms with van der Waals surface area (Å²) in [6.45, 7) is 12.9. The van der Waals surface area contributed by atoms with Crippen molar-refractivity contribution >= 4 is 11.8 Å². The number of hydrogen-bond acceptors (Lipinski definition) is 5. The number of β-amino-alcohol motifs (C(OH)–C–C–N with tert-alkyl or cyclic N) is 1. The summed E-state index contributed by atoms with van der Waals surface area (Å²) in [6, 6.07) is 6.90. The predicted octanol–water partition coefficient (Wildman–Crippen LogP) is 4.27. The smallest absolute Gasteiger partial charge is 0.257 e. The van der Waals surface area contributed by atoms with Crippen molar-refractivity contribution in [1.82, 2.24) is 20.0 Å². The molecule has 1 saturated heterocycles. The standard InChI is InChI=1S/C24H32F2N4O4.2C2H6/c1-14(2)15(3)24(34)29-11-18(32)10-21(29)23(33)28-19(13-31)16-4-6-17(7-5-16)20-8-9-27-30(20)12-22(25)26;2*1-2/h4-9,14-15,18-19,21-22,31-32H,10-13H2,1-3H3,(H,28,33);2*1-2H3. The van der Waals surface area contributed by atoms with Crippen molar-refractivity contribution < 1.29 is 28.6 Å². The van der Waals surface area contributed by atoms with Gasteiger partial charge in [0.05, 0.1) is 24.4 Å². The van der Waals surface area contributed by atoms with Crippen LogP contribution in [0.15, 0.2) is 36.5 Å². The molecule has 38 heavy (non-hydrogen) atoms. The molecule has 8 nitrogen and oxygen atoms in total. The highest BCUT2D eigenvalue weighted by Gasteiger charge is 2.41. The Balaban J connectivity index is 0.00000172. The van der Waals surface area contributed by atoms with E-state index in [0.29, 0.717) is 16.8 Å². The van der Waals surface area contributed by atoms with Crippen molar-refractivity contribution in [2.75, 3.05) is 13.2 Å². The average Bonchev–Trinajstić information content (AvgIpc) is 3.54. The van der Waals surface area contributed by atoms with E-state index < -0.39 is 37.1 Å². The van der Waals surface area contributed by atoms with Gasteiger partial charge < -0.3 is 20.4 Å². The molecule has 1 aromatic carbocycles. The molecular weight excluding hydrogens is 494 g/mol. The van der Waals surface area contributed by atoms with Gasteiger partial charge in [-0.3, -0.25) is 14.3 Å². The van der Waals surface area contributed by atoms with Gasteiger partial charge in [-0.2, -0.15) is 5.10 Å². The summed E-state index contributed by atoms with van der Waals surface area (Å²) in [5, 5.41) is 26.7. The second kappa shape index (κ2) is 16.2. The fourth-order valence-corrected chi connectivity index (χ4v) is 4.10. The van der Waals surface area contributed by atoms with Crippen LogP contribution in [-0.4, -0.2) is 68.4 Å². The zero-order valence-corrected chi connectivity index (χ0v) is 23.6. The second-order valence-corrected chi connectivity index (χ2v) is 9.08. The number of aliphatic hydroxyl groups is 2. The Hall–Kier alpha value is -2.85. The highest BCUT2D eigenvalue weighted by Crippen LogP contribution is 2.26. The van der Waals surface area contributed by atoms with Crippen molar-refractivity contribution in [3.63, 3.8) is 0 Å². The fourth-order valence-electron chi connectivity index (χ4n) is 4.10. The Bertz CT molecular complexity index is 981. The van der Waals surface area contributed by atoms with Gasteiger partial charge in [0.25, 0.3) is 6.43 Å². The molecule has 2 heterocycles. The lowest BCUT2D eigenvalue weighted by Gasteiger charge is -2.29. The molecule has 2 amide bonds. The van der Waals surface area contributed by atoms with E-state index in [-0.39, 0.29) is 37.3 Å². The number of alkyl halides is 2. The third kappa shape index (κ3) is 8.59. The minimum absolute atomic E-state index is 0.0923.